The molecule has 1 aromatic rings. The number of hydrogen-bond acceptors (Lipinski definition) is 3. The van der Waals surface area contributed by atoms with Gasteiger partial charge in [0.05, 0.1) is 5.56 Å². The zero-order valence-corrected chi connectivity index (χ0v) is 10.6. The summed E-state index contributed by atoms with van der Waals surface area (Å²) in [6, 6.07) is 6.89. The van der Waals surface area contributed by atoms with Gasteiger partial charge in [-0.3, -0.25) is 4.90 Å². The standard InChI is InChI=1S/C14H18FN3/c1-18-6-2-3-11(8-16)14(18)10-4-5-13(15)12(7-10)9-17/h4-5,7,11,14H,2-3,6,8,16H2,1H3. The lowest BCUT2D eigenvalue weighted by atomic mass is 9.84. The van der Waals surface area contributed by atoms with Crippen LogP contribution in [0.1, 0.15) is 30.0 Å². The lowest BCUT2D eigenvalue weighted by Crippen LogP contribution is -2.39. The van der Waals surface area contributed by atoms with Gasteiger partial charge in [-0.05, 0) is 56.6 Å². The van der Waals surface area contributed by atoms with Crippen molar-refractivity contribution in [1.29, 1.82) is 5.26 Å². The first-order valence-corrected chi connectivity index (χ1v) is 6.27. The van der Waals surface area contributed by atoms with E-state index >= 15 is 0 Å². The molecule has 0 radical (unpaired) electrons. The van der Waals surface area contributed by atoms with E-state index in [4.69, 9.17) is 11.0 Å². The first-order valence-electron chi connectivity index (χ1n) is 6.27. The van der Waals surface area contributed by atoms with Gasteiger partial charge in [-0.25, -0.2) is 4.39 Å². The molecule has 1 fully saturated rings. The number of nitrogens with zero attached hydrogens (tertiary/aromatic N) is 2. The summed E-state index contributed by atoms with van der Waals surface area (Å²) in [6.45, 7) is 1.63. The molecule has 0 spiro atoms. The highest BCUT2D eigenvalue weighted by atomic mass is 19.1. The average Bonchev–Trinajstić information content (AvgIpc) is 2.39. The minimum absolute atomic E-state index is 0.113. The molecule has 0 amide bonds. The van der Waals surface area contributed by atoms with Crippen LogP contribution in [0.5, 0.6) is 0 Å². The second-order valence-corrected chi connectivity index (χ2v) is 4.91. The van der Waals surface area contributed by atoms with E-state index in [0.717, 1.165) is 24.9 Å². The Labute approximate surface area is 107 Å². The van der Waals surface area contributed by atoms with Crippen molar-refractivity contribution >= 4 is 0 Å². The van der Waals surface area contributed by atoms with Crippen LogP contribution in [0.25, 0.3) is 0 Å². The molecule has 0 aromatic heterocycles. The fraction of sp³-hybridized carbons (Fsp3) is 0.500. The van der Waals surface area contributed by atoms with Crippen LogP contribution in [0.4, 0.5) is 4.39 Å². The molecule has 1 aliphatic rings. The molecule has 2 atom stereocenters. The van der Waals surface area contributed by atoms with Crippen molar-refractivity contribution in [3.63, 3.8) is 0 Å². The normalized spacial score (nSPS) is 24.8. The van der Waals surface area contributed by atoms with E-state index < -0.39 is 5.82 Å². The lowest BCUT2D eigenvalue weighted by molar-refractivity contribution is 0.125. The predicted octanol–water partition coefficient (Wildman–Crippen LogP) is 2.04. The molecule has 1 aromatic carbocycles. The Balaban J connectivity index is 2.36. The Morgan fingerprint density at radius 3 is 3.00 bits per heavy atom. The smallest absolute Gasteiger partial charge is 0.140 e. The Kier molecular flexibility index (Phi) is 3.95. The van der Waals surface area contributed by atoms with Crippen LogP contribution in [0.15, 0.2) is 18.2 Å². The zero-order valence-electron chi connectivity index (χ0n) is 10.6. The summed E-state index contributed by atoms with van der Waals surface area (Å²) in [5.74, 6) is -0.0789. The van der Waals surface area contributed by atoms with Crippen molar-refractivity contribution in [3.05, 3.63) is 35.1 Å². The Morgan fingerprint density at radius 1 is 1.56 bits per heavy atom. The molecule has 1 heterocycles. The third-order valence-electron chi connectivity index (χ3n) is 3.76. The van der Waals surface area contributed by atoms with E-state index in [2.05, 4.69) is 11.9 Å². The van der Waals surface area contributed by atoms with Crippen LogP contribution in [0, 0.1) is 23.1 Å². The molecule has 2 unspecified atom stereocenters. The van der Waals surface area contributed by atoms with E-state index in [-0.39, 0.29) is 11.6 Å². The maximum absolute atomic E-state index is 13.4. The van der Waals surface area contributed by atoms with Gasteiger partial charge < -0.3 is 5.73 Å². The van der Waals surface area contributed by atoms with Crippen LogP contribution in [-0.2, 0) is 0 Å². The number of nitrogens with two attached hydrogens (primary N) is 1. The van der Waals surface area contributed by atoms with Crippen LogP contribution < -0.4 is 5.73 Å². The average molecular weight is 247 g/mol. The van der Waals surface area contributed by atoms with Crippen LogP contribution in [0.3, 0.4) is 0 Å². The highest BCUT2D eigenvalue weighted by Gasteiger charge is 2.29. The van der Waals surface area contributed by atoms with Gasteiger partial charge in [-0.2, -0.15) is 5.26 Å². The monoisotopic (exact) mass is 247 g/mol. The number of likely N-dealkylation sites (tertiary alicyclic amines) is 1. The van der Waals surface area contributed by atoms with Gasteiger partial charge in [0.2, 0.25) is 0 Å². The largest absolute Gasteiger partial charge is 0.330 e. The molecule has 3 nitrogen and oxygen atoms in total. The molecule has 4 heteroatoms. The summed E-state index contributed by atoms with van der Waals surface area (Å²) >= 11 is 0. The number of hydrogen-bond donors (Lipinski definition) is 1. The third-order valence-corrected chi connectivity index (χ3v) is 3.76. The van der Waals surface area contributed by atoms with Gasteiger partial charge in [0.15, 0.2) is 0 Å². The maximum atomic E-state index is 13.4. The summed E-state index contributed by atoms with van der Waals surface area (Å²) in [6.07, 6.45) is 2.23. The highest BCUT2D eigenvalue weighted by molar-refractivity contribution is 5.36. The molecular formula is C14H18FN3. The van der Waals surface area contributed by atoms with Crippen molar-refractivity contribution in [2.75, 3.05) is 20.1 Å². The molecule has 2 N–H and O–H groups in total. The van der Waals surface area contributed by atoms with Crippen molar-refractivity contribution in [2.45, 2.75) is 18.9 Å². The summed E-state index contributed by atoms with van der Waals surface area (Å²) in [4.78, 5) is 2.25. The summed E-state index contributed by atoms with van der Waals surface area (Å²) in [7, 11) is 2.06. The fourth-order valence-electron chi connectivity index (χ4n) is 2.85. The number of halogens is 1. The maximum Gasteiger partial charge on any atom is 0.140 e. The molecule has 2 rings (SSSR count). The molecule has 0 saturated carbocycles. The Bertz CT molecular complexity index is 467. The van der Waals surface area contributed by atoms with E-state index in [9.17, 15) is 4.39 Å². The highest BCUT2D eigenvalue weighted by Crippen LogP contribution is 2.34. The molecule has 0 bridgehead atoms. The Hall–Kier alpha value is -1.44. The van der Waals surface area contributed by atoms with Crippen LogP contribution >= 0.6 is 0 Å². The zero-order chi connectivity index (χ0) is 13.1. The SMILES string of the molecule is CN1CCCC(CN)C1c1ccc(F)c(C#N)c1. The minimum atomic E-state index is -0.455. The van der Waals surface area contributed by atoms with Crippen LogP contribution in [-0.4, -0.2) is 25.0 Å². The number of benzene rings is 1. The molecule has 96 valence electrons. The Morgan fingerprint density at radius 2 is 2.33 bits per heavy atom. The summed E-state index contributed by atoms with van der Waals surface area (Å²) in [5, 5.41) is 8.90. The topological polar surface area (TPSA) is 53.0 Å². The van der Waals surface area contributed by atoms with Crippen molar-refractivity contribution in [1.82, 2.24) is 4.90 Å². The third kappa shape index (κ3) is 2.38. The molecular weight excluding hydrogens is 229 g/mol. The van der Waals surface area contributed by atoms with Crippen molar-refractivity contribution in [3.8, 4) is 6.07 Å². The quantitative estimate of drug-likeness (QED) is 0.870. The molecule has 18 heavy (non-hydrogen) atoms. The molecule has 0 aliphatic carbocycles. The number of rotatable bonds is 2. The summed E-state index contributed by atoms with van der Waals surface area (Å²) in [5.41, 5.74) is 6.93. The van der Waals surface area contributed by atoms with E-state index in [1.165, 1.54) is 6.07 Å². The van der Waals surface area contributed by atoms with E-state index in [0.29, 0.717) is 12.5 Å². The van der Waals surface area contributed by atoms with Crippen molar-refractivity contribution < 1.29 is 4.39 Å². The van der Waals surface area contributed by atoms with E-state index in [1.807, 2.05) is 6.07 Å². The number of piperidine rings is 1. The van der Waals surface area contributed by atoms with Crippen LogP contribution in [0.2, 0.25) is 0 Å². The first kappa shape index (κ1) is 13.0. The van der Waals surface area contributed by atoms with Gasteiger partial charge in [-0.15, -0.1) is 0 Å². The lowest BCUT2D eigenvalue weighted by Gasteiger charge is -2.39. The van der Waals surface area contributed by atoms with Gasteiger partial charge >= 0.3 is 0 Å². The fourth-order valence-corrected chi connectivity index (χ4v) is 2.85. The predicted molar refractivity (Wildman–Crippen MR) is 68.3 cm³/mol. The van der Waals surface area contributed by atoms with E-state index in [1.54, 1.807) is 12.1 Å². The van der Waals surface area contributed by atoms with Gasteiger partial charge in [-0.1, -0.05) is 6.07 Å². The van der Waals surface area contributed by atoms with Gasteiger partial charge in [0.25, 0.3) is 0 Å². The first-order chi connectivity index (χ1) is 8.67. The second kappa shape index (κ2) is 5.47. The summed E-state index contributed by atoms with van der Waals surface area (Å²) < 4.78 is 13.4. The number of nitriles is 1. The second-order valence-electron chi connectivity index (χ2n) is 4.91. The van der Waals surface area contributed by atoms with Gasteiger partial charge in [0, 0.05) is 6.04 Å². The molecule has 1 saturated heterocycles. The van der Waals surface area contributed by atoms with Gasteiger partial charge in [0.1, 0.15) is 11.9 Å². The minimum Gasteiger partial charge on any atom is -0.330 e. The van der Waals surface area contributed by atoms with Crippen molar-refractivity contribution in [2.24, 2.45) is 11.7 Å². The molecule has 1 aliphatic heterocycles.